The minimum Gasteiger partial charge on any atom is -0.410 e. The van der Waals surface area contributed by atoms with Crippen molar-refractivity contribution in [3.05, 3.63) is 28.8 Å². The molecule has 0 atom stereocenters. The normalized spacial score (nSPS) is 14.4. The molecule has 0 N–H and O–H groups in total. The Balaban J connectivity index is 4.41. The molecule has 1 rings (SSSR count). The summed E-state index contributed by atoms with van der Waals surface area (Å²) < 4.78 is 12.2. The molecule has 1 aromatic rings. The topological polar surface area (TPSA) is 18.5 Å². The molecule has 2 nitrogen and oxygen atoms in total. The van der Waals surface area contributed by atoms with E-state index in [1.807, 2.05) is 14.2 Å². The molecular formula is C26H55BO2Si4. The monoisotopic (exact) mass is 522 g/mol. The molecule has 1 aromatic carbocycles. The van der Waals surface area contributed by atoms with E-state index in [0.717, 1.165) is 0 Å². The molecule has 190 valence electrons. The van der Waals surface area contributed by atoms with Gasteiger partial charge in [-0.3, -0.25) is 0 Å². The van der Waals surface area contributed by atoms with Gasteiger partial charge >= 0.3 is 7.12 Å². The quantitative estimate of drug-likeness (QED) is 0.310. The molecular weight excluding hydrogens is 467 g/mol. The van der Waals surface area contributed by atoms with E-state index in [1.165, 1.54) is 11.0 Å². The number of hydrogen-bond donors (Lipinski definition) is 0. The van der Waals surface area contributed by atoms with E-state index in [0.29, 0.717) is 10.3 Å². The van der Waals surface area contributed by atoms with E-state index in [9.17, 15) is 0 Å². The zero-order valence-electron chi connectivity index (χ0n) is 25.2. The van der Waals surface area contributed by atoms with Crippen LogP contribution in [0.25, 0.3) is 0 Å². The van der Waals surface area contributed by atoms with Crippen LogP contribution >= 0.6 is 0 Å². The maximum atomic E-state index is 6.08. The summed E-state index contributed by atoms with van der Waals surface area (Å²) in [4.78, 5) is 0. The van der Waals surface area contributed by atoms with Gasteiger partial charge < -0.3 is 9.31 Å². The lowest BCUT2D eigenvalue weighted by Crippen LogP contribution is -2.55. The van der Waals surface area contributed by atoms with E-state index in [1.54, 1.807) is 11.1 Å². The van der Waals surface area contributed by atoms with E-state index in [-0.39, 0.29) is 12.5 Å². The fourth-order valence-corrected chi connectivity index (χ4v) is 32.1. The predicted octanol–water partition coefficient (Wildman–Crippen LogP) is 7.65. The highest BCUT2D eigenvalue weighted by Crippen LogP contribution is 2.42. The lowest BCUT2D eigenvalue weighted by molar-refractivity contribution is 0.291. The molecule has 0 aliphatic carbocycles. The lowest BCUT2D eigenvalue weighted by atomic mass is 9.71. The van der Waals surface area contributed by atoms with Crippen LogP contribution in [0.1, 0.15) is 47.8 Å². The first-order valence-electron chi connectivity index (χ1n) is 12.7. The zero-order valence-corrected chi connectivity index (χ0v) is 29.2. The Morgan fingerprint density at radius 1 is 0.606 bits per heavy atom. The van der Waals surface area contributed by atoms with E-state index >= 15 is 0 Å². The maximum Gasteiger partial charge on any atom is 0.493 e. The largest absolute Gasteiger partial charge is 0.493 e. The standard InChI is InChI=1S/C26H55BO2Si4/c1-26(2,3)20-18-21(24(30(6,7)8)31(9,10)11)23(27(28-4)29-5)22(19-20)25(32(12,13)14)33(15,16)17/h18-19,24-25H,1-17H3. The van der Waals surface area contributed by atoms with Gasteiger partial charge in [-0.25, -0.2) is 0 Å². The van der Waals surface area contributed by atoms with Crippen molar-refractivity contribution in [3.63, 3.8) is 0 Å². The summed E-state index contributed by atoms with van der Waals surface area (Å²) in [7, 11) is -2.78. The zero-order chi connectivity index (χ0) is 26.4. The summed E-state index contributed by atoms with van der Waals surface area (Å²) >= 11 is 0. The van der Waals surface area contributed by atoms with Gasteiger partial charge in [0.1, 0.15) is 0 Å². The highest BCUT2D eigenvalue weighted by atomic mass is 28.4. The Hall–Kier alpha value is 0.0725. The highest BCUT2D eigenvalue weighted by Gasteiger charge is 2.46. The lowest BCUT2D eigenvalue weighted by Gasteiger charge is -2.45. The minimum atomic E-state index is -1.52. The van der Waals surface area contributed by atoms with Gasteiger partial charge in [0.25, 0.3) is 0 Å². The molecule has 33 heavy (non-hydrogen) atoms. The number of hydrogen-bond acceptors (Lipinski definition) is 2. The molecule has 0 spiro atoms. The smallest absolute Gasteiger partial charge is 0.410 e. The van der Waals surface area contributed by atoms with Crippen LogP contribution in [0.5, 0.6) is 0 Å². The Morgan fingerprint density at radius 2 is 0.879 bits per heavy atom. The second kappa shape index (κ2) is 10.2. The molecule has 0 bridgehead atoms. The molecule has 0 aliphatic rings. The van der Waals surface area contributed by atoms with Gasteiger partial charge in [-0.05, 0) is 37.9 Å². The van der Waals surface area contributed by atoms with Crippen LogP contribution in [0.3, 0.4) is 0 Å². The first kappa shape index (κ1) is 31.1. The van der Waals surface area contributed by atoms with Crippen molar-refractivity contribution in [2.75, 3.05) is 14.2 Å². The summed E-state index contributed by atoms with van der Waals surface area (Å²) in [5, 5.41) is 1.27. The van der Waals surface area contributed by atoms with E-state index < -0.39 is 32.3 Å². The molecule has 0 saturated heterocycles. The Kier molecular flexibility index (Phi) is 9.62. The Morgan fingerprint density at radius 3 is 1.06 bits per heavy atom. The predicted molar refractivity (Wildman–Crippen MR) is 163 cm³/mol. The van der Waals surface area contributed by atoms with Crippen LogP contribution in [0.15, 0.2) is 12.1 Å². The van der Waals surface area contributed by atoms with Gasteiger partial charge in [0.15, 0.2) is 0 Å². The van der Waals surface area contributed by atoms with Crippen molar-refractivity contribution in [3.8, 4) is 0 Å². The number of benzene rings is 1. The van der Waals surface area contributed by atoms with Crippen LogP contribution in [-0.2, 0) is 14.7 Å². The van der Waals surface area contributed by atoms with Crippen molar-refractivity contribution in [1.82, 2.24) is 0 Å². The summed E-state index contributed by atoms with van der Waals surface area (Å²) in [6.45, 7) is 37.9. The fourth-order valence-electron chi connectivity index (χ4n) is 6.68. The third-order valence-corrected chi connectivity index (χ3v) is 25.4. The number of rotatable bonds is 9. The molecule has 0 aromatic heterocycles. The molecule has 0 aliphatic heterocycles. The summed E-state index contributed by atoms with van der Waals surface area (Å²) in [5.74, 6) is 0. The third-order valence-electron chi connectivity index (χ3n) is 6.86. The first-order chi connectivity index (χ1) is 14.5. The molecule has 7 heteroatoms. The van der Waals surface area contributed by atoms with Gasteiger partial charge in [0, 0.05) is 46.5 Å². The van der Waals surface area contributed by atoms with Gasteiger partial charge in [-0.15, -0.1) is 0 Å². The molecule has 0 amide bonds. The summed E-state index contributed by atoms with van der Waals surface area (Å²) in [6, 6.07) is 5.13. The highest BCUT2D eigenvalue weighted by molar-refractivity contribution is 6.97. The molecule has 0 radical (unpaired) electrons. The molecule has 0 fully saturated rings. The summed E-state index contributed by atoms with van der Waals surface area (Å²) in [6.07, 6.45) is 0. The van der Waals surface area contributed by atoms with Gasteiger partial charge in [0.2, 0.25) is 0 Å². The van der Waals surface area contributed by atoms with Gasteiger partial charge in [0.05, 0.1) is 0 Å². The molecule has 0 saturated carbocycles. The average Bonchev–Trinajstić information content (AvgIpc) is 2.51. The molecule has 0 unspecified atom stereocenters. The van der Waals surface area contributed by atoms with Crippen molar-refractivity contribution in [2.45, 2.75) is 115 Å². The van der Waals surface area contributed by atoms with Crippen molar-refractivity contribution >= 4 is 44.9 Å². The second-order valence-corrected chi connectivity index (χ2v) is 37.8. The fraction of sp³-hybridized carbons (Fsp3) is 0.769. The van der Waals surface area contributed by atoms with E-state index in [2.05, 4.69) is 111 Å². The summed E-state index contributed by atoms with van der Waals surface area (Å²) in [5.41, 5.74) is 6.05. The van der Waals surface area contributed by atoms with Crippen LogP contribution < -0.4 is 5.46 Å². The second-order valence-electron chi connectivity index (χ2n) is 15.5. The maximum absolute atomic E-state index is 6.08. The first-order valence-corrected chi connectivity index (χ1v) is 27.0. The van der Waals surface area contributed by atoms with Gasteiger partial charge in [-0.1, -0.05) is 111 Å². The van der Waals surface area contributed by atoms with Gasteiger partial charge in [-0.2, -0.15) is 0 Å². The third kappa shape index (κ3) is 7.53. The van der Waals surface area contributed by atoms with Crippen molar-refractivity contribution in [1.29, 1.82) is 0 Å². The molecule has 0 heterocycles. The van der Waals surface area contributed by atoms with Crippen LogP contribution in [0.2, 0.25) is 78.6 Å². The van der Waals surface area contributed by atoms with Crippen molar-refractivity contribution in [2.24, 2.45) is 0 Å². The Labute approximate surface area is 211 Å². The van der Waals surface area contributed by atoms with Crippen LogP contribution in [0.4, 0.5) is 0 Å². The minimum absolute atomic E-state index is 0.102. The van der Waals surface area contributed by atoms with Crippen LogP contribution in [-0.4, -0.2) is 53.6 Å². The Bertz CT molecular complexity index is 721. The van der Waals surface area contributed by atoms with Crippen LogP contribution in [0, 0.1) is 0 Å². The van der Waals surface area contributed by atoms with Crippen molar-refractivity contribution < 1.29 is 9.31 Å². The average molecular weight is 523 g/mol. The SMILES string of the molecule is COB(OC)c1c(C([Si](C)(C)C)[Si](C)(C)C)cc(C(C)(C)C)cc1C([Si](C)(C)C)[Si](C)(C)C. The van der Waals surface area contributed by atoms with E-state index in [4.69, 9.17) is 9.31 Å².